The molecule has 0 heterocycles. The third-order valence-electron chi connectivity index (χ3n) is 2.83. The van der Waals surface area contributed by atoms with E-state index in [4.69, 9.17) is 0 Å². The van der Waals surface area contributed by atoms with Crippen LogP contribution in [0, 0.1) is 17.0 Å². The summed E-state index contributed by atoms with van der Waals surface area (Å²) in [4.78, 5) is 14.7. The maximum atomic E-state index is 10.6. The molecule has 0 aliphatic carbocycles. The van der Waals surface area contributed by atoms with Crippen molar-refractivity contribution in [1.82, 2.24) is 0 Å². The van der Waals surface area contributed by atoms with Crippen LogP contribution in [0.25, 0.3) is 0 Å². The lowest BCUT2D eigenvalue weighted by Gasteiger charge is -2.01. The van der Waals surface area contributed by atoms with Gasteiger partial charge in [-0.2, -0.15) is 0 Å². The third-order valence-corrected chi connectivity index (χ3v) is 2.83. The van der Waals surface area contributed by atoms with Crippen molar-refractivity contribution in [2.45, 2.75) is 13.8 Å². The maximum absolute atomic E-state index is 10.6. The minimum atomic E-state index is -0.407. The predicted octanol–water partition coefficient (Wildman–Crippen LogP) is 4.04. The molecule has 0 bridgehead atoms. The van der Waals surface area contributed by atoms with E-state index in [9.17, 15) is 10.1 Å². The van der Waals surface area contributed by atoms with Crippen LogP contribution in [-0.2, 0) is 0 Å². The largest absolute Gasteiger partial charge is 0.269 e. The van der Waals surface area contributed by atoms with Crippen molar-refractivity contribution < 1.29 is 4.92 Å². The van der Waals surface area contributed by atoms with Gasteiger partial charge in [-0.25, -0.2) is 0 Å². The summed E-state index contributed by atoms with van der Waals surface area (Å²) in [7, 11) is 0. The molecule has 0 fully saturated rings. The third kappa shape index (κ3) is 3.25. The first kappa shape index (κ1) is 13.0. The standard InChI is InChI=1S/C15H14N2O2/c1-11-3-7-14(8-4-11)16-12(2)13-5-9-15(10-6-13)17(18)19/h3-10H,1-2H3. The topological polar surface area (TPSA) is 55.5 Å². The lowest BCUT2D eigenvalue weighted by molar-refractivity contribution is -0.384. The van der Waals surface area contributed by atoms with Crippen molar-refractivity contribution in [2.24, 2.45) is 4.99 Å². The normalized spacial score (nSPS) is 11.4. The second kappa shape index (κ2) is 5.44. The van der Waals surface area contributed by atoms with Crippen molar-refractivity contribution in [2.75, 3.05) is 0 Å². The summed E-state index contributed by atoms with van der Waals surface area (Å²) in [6.45, 7) is 3.91. The lowest BCUT2D eigenvalue weighted by Crippen LogP contribution is -1.95. The van der Waals surface area contributed by atoms with Crippen LogP contribution in [0.5, 0.6) is 0 Å². The summed E-state index contributed by atoms with van der Waals surface area (Å²) >= 11 is 0. The Labute approximate surface area is 111 Å². The quantitative estimate of drug-likeness (QED) is 0.471. The Morgan fingerprint density at radius 1 is 1.05 bits per heavy atom. The summed E-state index contributed by atoms with van der Waals surface area (Å²) in [6.07, 6.45) is 0. The maximum Gasteiger partial charge on any atom is 0.269 e. The van der Waals surface area contributed by atoms with Crippen LogP contribution >= 0.6 is 0 Å². The number of benzene rings is 2. The molecule has 0 amide bonds. The first-order chi connectivity index (χ1) is 9.06. The molecule has 0 atom stereocenters. The molecule has 2 rings (SSSR count). The number of hydrogen-bond donors (Lipinski definition) is 0. The van der Waals surface area contributed by atoms with Gasteiger partial charge in [-0.3, -0.25) is 15.1 Å². The highest BCUT2D eigenvalue weighted by Gasteiger charge is 2.05. The number of rotatable bonds is 3. The summed E-state index contributed by atoms with van der Waals surface area (Å²) in [5.41, 5.74) is 3.87. The van der Waals surface area contributed by atoms with Gasteiger partial charge in [0.2, 0.25) is 0 Å². The fourth-order valence-electron chi connectivity index (χ4n) is 1.70. The van der Waals surface area contributed by atoms with Crippen LogP contribution in [0.2, 0.25) is 0 Å². The van der Waals surface area contributed by atoms with E-state index in [1.165, 1.54) is 17.7 Å². The molecule has 0 saturated carbocycles. The molecule has 0 radical (unpaired) electrons. The van der Waals surface area contributed by atoms with Gasteiger partial charge in [0, 0.05) is 17.8 Å². The minimum absolute atomic E-state index is 0.0897. The Hall–Kier alpha value is -2.49. The molecule has 0 unspecified atom stereocenters. The molecule has 4 nitrogen and oxygen atoms in total. The van der Waals surface area contributed by atoms with Crippen LogP contribution in [0.1, 0.15) is 18.1 Å². The van der Waals surface area contributed by atoms with Crippen molar-refractivity contribution in [3.63, 3.8) is 0 Å². The smallest absolute Gasteiger partial charge is 0.258 e. The van der Waals surface area contributed by atoms with Crippen molar-refractivity contribution in [1.29, 1.82) is 0 Å². The summed E-state index contributed by atoms with van der Waals surface area (Å²) in [5, 5.41) is 10.6. The highest BCUT2D eigenvalue weighted by molar-refractivity contribution is 6.00. The van der Waals surface area contributed by atoms with Gasteiger partial charge in [0.15, 0.2) is 0 Å². The molecule has 0 N–H and O–H groups in total. The SMILES string of the molecule is CC(=Nc1ccc(C)cc1)c1ccc([N+](=O)[O-])cc1. The predicted molar refractivity (Wildman–Crippen MR) is 76.1 cm³/mol. The number of nitrogens with zero attached hydrogens (tertiary/aromatic N) is 2. The zero-order chi connectivity index (χ0) is 13.8. The highest BCUT2D eigenvalue weighted by atomic mass is 16.6. The zero-order valence-corrected chi connectivity index (χ0v) is 10.8. The highest BCUT2D eigenvalue weighted by Crippen LogP contribution is 2.17. The van der Waals surface area contributed by atoms with Gasteiger partial charge < -0.3 is 0 Å². The van der Waals surface area contributed by atoms with E-state index >= 15 is 0 Å². The summed E-state index contributed by atoms with van der Waals surface area (Å²) in [5.74, 6) is 0. The molecule has 19 heavy (non-hydrogen) atoms. The molecule has 96 valence electrons. The Morgan fingerprint density at radius 2 is 1.63 bits per heavy atom. The minimum Gasteiger partial charge on any atom is -0.258 e. The number of non-ortho nitro benzene ring substituents is 1. The number of hydrogen-bond acceptors (Lipinski definition) is 3. The van der Waals surface area contributed by atoms with E-state index in [1.807, 2.05) is 38.1 Å². The van der Waals surface area contributed by atoms with Gasteiger partial charge in [-0.15, -0.1) is 0 Å². The number of nitro benzene ring substituents is 1. The van der Waals surface area contributed by atoms with E-state index < -0.39 is 4.92 Å². The molecular formula is C15H14N2O2. The molecule has 0 spiro atoms. The van der Waals surface area contributed by atoms with E-state index in [-0.39, 0.29) is 5.69 Å². The van der Waals surface area contributed by atoms with Crippen LogP contribution in [0.4, 0.5) is 11.4 Å². The molecule has 4 heteroatoms. The Balaban J connectivity index is 2.25. The van der Waals surface area contributed by atoms with Gasteiger partial charge >= 0.3 is 0 Å². The Bertz CT molecular complexity index is 614. The fraction of sp³-hybridized carbons (Fsp3) is 0.133. The molecule has 0 aliphatic rings. The first-order valence-electron chi connectivity index (χ1n) is 5.93. The van der Waals surface area contributed by atoms with Gasteiger partial charge in [0.25, 0.3) is 5.69 Å². The first-order valence-corrected chi connectivity index (χ1v) is 5.93. The van der Waals surface area contributed by atoms with E-state index in [0.717, 1.165) is 17.0 Å². The lowest BCUT2D eigenvalue weighted by atomic mass is 10.1. The Morgan fingerprint density at radius 3 is 2.16 bits per heavy atom. The average molecular weight is 254 g/mol. The summed E-state index contributed by atoms with van der Waals surface area (Å²) < 4.78 is 0. The van der Waals surface area contributed by atoms with Crippen LogP contribution in [0.15, 0.2) is 53.5 Å². The number of aliphatic imine (C=N–C) groups is 1. The number of aryl methyl sites for hydroxylation is 1. The van der Waals surface area contributed by atoms with Gasteiger partial charge in [-0.05, 0) is 43.7 Å². The van der Waals surface area contributed by atoms with Crippen molar-refractivity contribution in [3.8, 4) is 0 Å². The molecular weight excluding hydrogens is 240 g/mol. The van der Waals surface area contributed by atoms with Gasteiger partial charge in [-0.1, -0.05) is 17.7 Å². The second-order valence-corrected chi connectivity index (χ2v) is 4.34. The monoisotopic (exact) mass is 254 g/mol. The van der Waals surface area contributed by atoms with Gasteiger partial charge in [0.05, 0.1) is 10.6 Å². The molecule has 2 aromatic rings. The van der Waals surface area contributed by atoms with Crippen LogP contribution in [-0.4, -0.2) is 10.6 Å². The van der Waals surface area contributed by atoms with Crippen molar-refractivity contribution >= 4 is 17.1 Å². The van der Waals surface area contributed by atoms with Crippen molar-refractivity contribution in [3.05, 3.63) is 69.8 Å². The molecule has 0 aliphatic heterocycles. The Kier molecular flexibility index (Phi) is 3.71. The van der Waals surface area contributed by atoms with Gasteiger partial charge in [0.1, 0.15) is 0 Å². The molecule has 0 saturated heterocycles. The fourth-order valence-corrected chi connectivity index (χ4v) is 1.70. The second-order valence-electron chi connectivity index (χ2n) is 4.34. The number of nitro groups is 1. The van der Waals surface area contributed by atoms with E-state index in [0.29, 0.717) is 0 Å². The van der Waals surface area contributed by atoms with E-state index in [2.05, 4.69) is 4.99 Å². The van der Waals surface area contributed by atoms with E-state index in [1.54, 1.807) is 12.1 Å². The summed E-state index contributed by atoms with van der Waals surface area (Å²) in [6, 6.07) is 14.3. The van der Waals surface area contributed by atoms with Crippen LogP contribution in [0.3, 0.4) is 0 Å². The molecule has 2 aromatic carbocycles. The van der Waals surface area contributed by atoms with Crippen LogP contribution < -0.4 is 0 Å². The average Bonchev–Trinajstić information content (AvgIpc) is 2.41. The molecule has 0 aromatic heterocycles. The zero-order valence-electron chi connectivity index (χ0n) is 10.8.